The van der Waals surface area contributed by atoms with Crippen LogP contribution in [0.15, 0.2) is 108 Å². The van der Waals surface area contributed by atoms with Gasteiger partial charge < -0.3 is 9.47 Å². The van der Waals surface area contributed by atoms with Gasteiger partial charge in [-0.1, -0.05) is 47.6 Å². The van der Waals surface area contributed by atoms with Gasteiger partial charge in [0.2, 0.25) is 0 Å². The van der Waals surface area contributed by atoms with Crippen molar-refractivity contribution in [2.75, 3.05) is 0 Å². The molecule has 8 nitrogen and oxygen atoms in total. The Kier molecular flexibility index (Phi) is 16.7. The Hall–Kier alpha value is -3.76. The first-order valence-corrected chi connectivity index (χ1v) is 14.7. The molecule has 0 N–H and O–H groups in total. The van der Waals surface area contributed by atoms with E-state index in [0.717, 1.165) is 5.03 Å². The lowest BCUT2D eigenvalue weighted by molar-refractivity contribution is -0.132. The molecule has 0 aliphatic carbocycles. The van der Waals surface area contributed by atoms with Crippen LogP contribution in [0.1, 0.15) is 55.4 Å². The third-order valence-electron chi connectivity index (χ3n) is 3.93. The fourth-order valence-electron chi connectivity index (χ4n) is 2.63. The van der Waals surface area contributed by atoms with Gasteiger partial charge in [-0.25, -0.2) is 4.98 Å². The maximum atomic E-state index is 10.4. The van der Waals surface area contributed by atoms with Crippen molar-refractivity contribution in [3.05, 3.63) is 98.0 Å². The summed E-state index contributed by atoms with van der Waals surface area (Å²) in [4.78, 5) is 37.8. The Morgan fingerprint density at radius 3 is 1.45 bits per heavy atom. The Balaban J connectivity index is 0.000000280. The van der Waals surface area contributed by atoms with E-state index in [1.165, 1.54) is 18.7 Å². The van der Waals surface area contributed by atoms with Crippen molar-refractivity contribution in [3.8, 4) is 11.5 Å². The zero-order valence-electron chi connectivity index (χ0n) is 25.5. The minimum absolute atomic E-state index is 0.258. The Morgan fingerprint density at radius 2 is 1.10 bits per heavy atom. The van der Waals surface area contributed by atoms with E-state index in [2.05, 4.69) is 67.5 Å². The van der Waals surface area contributed by atoms with Crippen LogP contribution in [0.4, 0.5) is 0 Å². The topological polar surface area (TPSA) is 104 Å². The van der Waals surface area contributed by atoms with Crippen LogP contribution >= 0.6 is 23.5 Å². The van der Waals surface area contributed by atoms with Crippen LogP contribution in [0, 0.1) is 0 Å². The fraction of sp³-hybridized carbons (Fsp3) is 0.312. The number of esters is 2. The minimum Gasteiger partial charge on any atom is -0.427 e. The molecule has 224 valence electrons. The van der Waals surface area contributed by atoms with E-state index in [1.807, 2.05) is 48.4 Å². The van der Waals surface area contributed by atoms with Gasteiger partial charge in [-0.2, -0.15) is 0 Å². The second kappa shape index (κ2) is 19.4. The molecule has 0 aliphatic heterocycles. The lowest BCUT2D eigenvalue weighted by Crippen LogP contribution is -2.06. The Morgan fingerprint density at radius 1 is 0.595 bits per heavy atom. The average molecular weight is 609 g/mol. The summed E-state index contributed by atoms with van der Waals surface area (Å²) in [6, 6.07) is 16.5. The highest BCUT2D eigenvalue weighted by Crippen LogP contribution is 2.31. The molecule has 0 atom stereocenters. The van der Waals surface area contributed by atoms with Crippen molar-refractivity contribution < 1.29 is 19.1 Å². The van der Waals surface area contributed by atoms with Crippen molar-refractivity contribution in [2.24, 2.45) is 0 Å². The number of hydrogen-bond acceptors (Lipinski definition) is 10. The van der Waals surface area contributed by atoms with Crippen molar-refractivity contribution in [2.45, 2.75) is 74.8 Å². The number of aromatic nitrogens is 4. The van der Waals surface area contributed by atoms with Gasteiger partial charge in [0.1, 0.15) is 11.5 Å². The highest BCUT2D eigenvalue weighted by atomic mass is 32.2. The predicted molar refractivity (Wildman–Crippen MR) is 171 cm³/mol. The van der Waals surface area contributed by atoms with Gasteiger partial charge in [0.05, 0.1) is 5.03 Å². The van der Waals surface area contributed by atoms with Crippen LogP contribution in [-0.4, -0.2) is 41.4 Å². The van der Waals surface area contributed by atoms with Crippen LogP contribution in [0.25, 0.3) is 0 Å². The molecular formula is C32H40N4O4S2. The smallest absolute Gasteiger partial charge is 0.308 e. The quantitative estimate of drug-likeness (QED) is 0.167. The summed E-state index contributed by atoms with van der Waals surface area (Å²) in [7, 11) is 0. The van der Waals surface area contributed by atoms with Crippen molar-refractivity contribution in [1.82, 2.24) is 19.9 Å². The molecule has 4 heterocycles. The SMILES string of the molecule is CC(=O)Oc1ccncc1.CC(=O)Oc1ccncc1.CC(C)(C)Sc1ccccn1.CC(C)(C)Sc1cccnc1. The van der Waals surface area contributed by atoms with E-state index < -0.39 is 0 Å². The second-order valence-corrected chi connectivity index (χ2v) is 14.1. The standard InChI is InChI=1S/2C9H13NS.2C7H7NO2/c1-9(2,3)11-8-5-4-6-10-7-8;1-9(2,3)11-8-6-4-5-7-10-8;2*1-6(9)10-7-2-4-8-5-3-7/h2*4-7H,1-3H3;2*2-5H,1H3. The predicted octanol–water partition coefficient (Wildman–Crippen LogP) is 7.96. The number of hydrogen-bond donors (Lipinski definition) is 0. The van der Waals surface area contributed by atoms with E-state index in [0.29, 0.717) is 11.5 Å². The van der Waals surface area contributed by atoms with Crippen LogP contribution in [0.5, 0.6) is 11.5 Å². The Labute approximate surface area is 258 Å². The van der Waals surface area contributed by atoms with Crippen molar-refractivity contribution in [3.63, 3.8) is 0 Å². The molecule has 0 unspecified atom stereocenters. The van der Waals surface area contributed by atoms with Crippen molar-refractivity contribution >= 4 is 35.5 Å². The first kappa shape index (κ1) is 36.3. The number of thioether (sulfide) groups is 2. The summed E-state index contributed by atoms with van der Waals surface area (Å²) in [6.45, 7) is 15.9. The van der Waals surface area contributed by atoms with Gasteiger partial charge in [-0.05, 0) is 48.5 Å². The summed E-state index contributed by atoms with van der Waals surface area (Å²) >= 11 is 3.63. The number of ether oxygens (including phenoxy) is 2. The molecule has 4 aromatic heterocycles. The lowest BCUT2D eigenvalue weighted by atomic mass is 10.3. The third-order valence-corrected chi connectivity index (χ3v) is 6.08. The van der Waals surface area contributed by atoms with Crippen LogP contribution in [0.2, 0.25) is 0 Å². The Bertz CT molecular complexity index is 1180. The number of carbonyl (C=O) groups is 2. The highest BCUT2D eigenvalue weighted by molar-refractivity contribution is 8.00. The first-order chi connectivity index (χ1) is 19.7. The number of nitrogens with zero attached hydrogens (tertiary/aromatic N) is 4. The average Bonchev–Trinajstić information content (AvgIpc) is 2.90. The lowest BCUT2D eigenvalue weighted by Gasteiger charge is -2.16. The molecule has 0 saturated heterocycles. The van der Waals surface area contributed by atoms with E-state index in [1.54, 1.807) is 67.0 Å². The van der Waals surface area contributed by atoms with Crippen LogP contribution in [-0.2, 0) is 9.59 Å². The minimum atomic E-state index is -0.314. The van der Waals surface area contributed by atoms with Gasteiger partial charge in [-0.15, -0.1) is 23.5 Å². The third kappa shape index (κ3) is 21.0. The summed E-state index contributed by atoms with van der Waals surface area (Å²) in [5.41, 5.74) is 0. The molecule has 0 aliphatic rings. The first-order valence-electron chi connectivity index (χ1n) is 13.1. The van der Waals surface area contributed by atoms with Gasteiger partial charge >= 0.3 is 11.9 Å². The molecule has 4 rings (SSSR count). The van der Waals surface area contributed by atoms with E-state index in [9.17, 15) is 9.59 Å². The molecule has 0 amide bonds. The zero-order chi connectivity index (χ0) is 31.4. The summed E-state index contributed by atoms with van der Waals surface area (Å²) < 4.78 is 10.0. The van der Waals surface area contributed by atoms with Gasteiger partial charge in [0.15, 0.2) is 0 Å². The highest BCUT2D eigenvalue weighted by Gasteiger charge is 2.12. The largest absolute Gasteiger partial charge is 0.427 e. The molecule has 0 aromatic carbocycles. The summed E-state index contributed by atoms with van der Waals surface area (Å²) in [6.07, 6.45) is 11.8. The maximum absolute atomic E-state index is 10.4. The molecule has 42 heavy (non-hydrogen) atoms. The van der Waals surface area contributed by atoms with E-state index in [4.69, 9.17) is 9.47 Å². The molecule has 0 bridgehead atoms. The van der Waals surface area contributed by atoms with Gasteiger partial charge in [-0.3, -0.25) is 24.5 Å². The van der Waals surface area contributed by atoms with Crippen LogP contribution in [0.3, 0.4) is 0 Å². The van der Waals surface area contributed by atoms with Gasteiger partial charge in [0, 0.05) is 71.6 Å². The number of rotatable bonds is 4. The van der Waals surface area contributed by atoms with E-state index in [-0.39, 0.29) is 21.4 Å². The molecule has 10 heteroatoms. The molecule has 4 aromatic rings. The number of carbonyl (C=O) groups excluding carboxylic acids is 2. The molecule has 0 fully saturated rings. The number of pyridine rings is 4. The normalized spacial score (nSPS) is 10.3. The van der Waals surface area contributed by atoms with E-state index >= 15 is 0 Å². The van der Waals surface area contributed by atoms with Crippen LogP contribution < -0.4 is 9.47 Å². The van der Waals surface area contributed by atoms with Gasteiger partial charge in [0.25, 0.3) is 0 Å². The maximum Gasteiger partial charge on any atom is 0.308 e. The molecular weight excluding hydrogens is 569 g/mol. The zero-order valence-corrected chi connectivity index (χ0v) is 27.1. The summed E-state index contributed by atoms with van der Waals surface area (Å²) in [5, 5.41) is 1.10. The molecule has 0 spiro atoms. The second-order valence-electron chi connectivity index (χ2n) is 10.3. The monoisotopic (exact) mass is 608 g/mol. The molecule has 0 radical (unpaired) electrons. The summed E-state index contributed by atoms with van der Waals surface area (Å²) in [5.74, 6) is 0.433. The fourth-order valence-corrected chi connectivity index (χ4v) is 4.48. The van der Waals surface area contributed by atoms with Crippen molar-refractivity contribution in [1.29, 1.82) is 0 Å². The molecule has 0 saturated carbocycles.